The Labute approximate surface area is 91.4 Å². The van der Waals surface area contributed by atoms with E-state index in [1.54, 1.807) is 0 Å². The zero-order valence-electron chi connectivity index (χ0n) is 7.79. The van der Waals surface area contributed by atoms with E-state index >= 15 is 0 Å². The van der Waals surface area contributed by atoms with Gasteiger partial charge in [-0.1, -0.05) is 13.3 Å². The number of hydrogen-bond acceptors (Lipinski definition) is 3. The van der Waals surface area contributed by atoms with Crippen LogP contribution in [-0.2, 0) is 4.84 Å². The van der Waals surface area contributed by atoms with Gasteiger partial charge in [-0.25, -0.2) is 10.3 Å². The van der Waals surface area contributed by atoms with Crippen molar-refractivity contribution in [3.63, 3.8) is 0 Å². The number of unbranched alkanes of at least 4 members (excludes halogenated alkanes) is 1. The molecule has 0 bridgehead atoms. The average molecular weight is 237 g/mol. The molecule has 3 nitrogen and oxygen atoms in total. The number of rotatable bonds is 7. The number of hydrogen-bond donors (Lipinski definition) is 2. The van der Waals surface area contributed by atoms with Crippen molar-refractivity contribution in [3.8, 4) is 0 Å². The molecule has 3 N–H and O–H groups in total. The van der Waals surface area contributed by atoms with Gasteiger partial charge in [0.25, 0.3) is 0 Å². The number of nitrogens with one attached hydrogen (secondary N) is 1. The second kappa shape index (κ2) is 14.9. The fraction of sp³-hybridized carbons (Fsp3) is 1.00. The number of nitrogens with two attached hydrogens (primary N) is 1. The van der Waals surface area contributed by atoms with E-state index in [1.165, 1.54) is 0 Å². The maximum absolute atomic E-state index is 12.6. The van der Waals surface area contributed by atoms with E-state index < -0.39 is 6.17 Å². The topological polar surface area (TPSA) is 47.3 Å². The molecule has 0 aromatic heterocycles. The lowest BCUT2D eigenvalue weighted by molar-refractivity contribution is 0.0814. The number of halogens is 3. The summed E-state index contributed by atoms with van der Waals surface area (Å²) in [4.78, 5) is 4.15. The van der Waals surface area contributed by atoms with Crippen molar-refractivity contribution in [2.24, 2.45) is 5.90 Å². The Balaban J connectivity index is -0.000000500. The normalized spacial score (nSPS) is 11.3. The molecule has 0 heterocycles. The van der Waals surface area contributed by atoms with Gasteiger partial charge >= 0.3 is 0 Å². The van der Waals surface area contributed by atoms with Gasteiger partial charge in [0.1, 0.15) is 12.8 Å². The molecule has 13 heavy (non-hydrogen) atoms. The van der Waals surface area contributed by atoms with Gasteiger partial charge in [0.05, 0.1) is 0 Å². The fourth-order valence-corrected chi connectivity index (χ4v) is 0.724. The maximum atomic E-state index is 12.6. The molecule has 0 radical (unpaired) electrons. The van der Waals surface area contributed by atoms with E-state index in [1.807, 2.05) is 0 Å². The minimum atomic E-state index is -0.989. The summed E-state index contributed by atoms with van der Waals surface area (Å²) in [5.74, 6) is 4.69. The third-order valence-corrected chi connectivity index (χ3v) is 1.35. The van der Waals surface area contributed by atoms with Crippen LogP contribution in [-0.4, -0.2) is 25.9 Å². The summed E-state index contributed by atoms with van der Waals surface area (Å²) in [6.07, 6.45) is 1.21. The van der Waals surface area contributed by atoms with E-state index in [-0.39, 0.29) is 31.4 Å². The molecule has 0 fully saturated rings. The van der Waals surface area contributed by atoms with Gasteiger partial charge in [-0.15, -0.1) is 24.8 Å². The van der Waals surface area contributed by atoms with Crippen LogP contribution in [0.1, 0.15) is 19.8 Å². The van der Waals surface area contributed by atoms with Crippen LogP contribution in [0.5, 0.6) is 0 Å². The van der Waals surface area contributed by atoms with Crippen molar-refractivity contribution in [2.45, 2.75) is 25.9 Å². The Bertz CT molecular complexity index is 90.9. The molecule has 1 atom stereocenters. The lowest BCUT2D eigenvalue weighted by Gasteiger charge is -2.06. The molecule has 0 aromatic carbocycles. The highest BCUT2D eigenvalue weighted by molar-refractivity contribution is 5.85. The van der Waals surface area contributed by atoms with E-state index in [0.717, 1.165) is 19.4 Å². The van der Waals surface area contributed by atoms with Gasteiger partial charge in [-0.3, -0.25) is 0 Å². The van der Waals surface area contributed by atoms with Crippen molar-refractivity contribution < 1.29 is 9.23 Å². The molecule has 0 amide bonds. The molecular formula is C7H19Cl2FN2O. The van der Waals surface area contributed by atoms with Crippen molar-refractivity contribution >= 4 is 24.8 Å². The average Bonchev–Trinajstić information content (AvgIpc) is 1.99. The fourth-order valence-electron chi connectivity index (χ4n) is 0.724. The Hall–Kier alpha value is 0.390. The van der Waals surface area contributed by atoms with Crippen LogP contribution in [0.2, 0.25) is 0 Å². The highest BCUT2D eigenvalue weighted by atomic mass is 35.5. The quantitative estimate of drug-likeness (QED) is 0.520. The second-order valence-electron chi connectivity index (χ2n) is 2.49. The van der Waals surface area contributed by atoms with Gasteiger partial charge in [0.15, 0.2) is 0 Å². The summed E-state index contributed by atoms with van der Waals surface area (Å²) in [5.41, 5.74) is 0. The van der Waals surface area contributed by atoms with Crippen LogP contribution in [0.3, 0.4) is 0 Å². The van der Waals surface area contributed by atoms with Crippen LogP contribution in [0, 0.1) is 0 Å². The molecule has 0 aliphatic carbocycles. The van der Waals surface area contributed by atoms with Gasteiger partial charge in [-0.2, -0.15) is 0 Å². The molecule has 0 aliphatic rings. The molecule has 0 saturated heterocycles. The summed E-state index contributed by atoms with van der Waals surface area (Å²) in [7, 11) is 0. The molecule has 0 aromatic rings. The predicted octanol–water partition coefficient (Wildman–Crippen LogP) is 1.45. The minimum absolute atomic E-state index is 0. The zero-order chi connectivity index (χ0) is 8.53. The second-order valence-corrected chi connectivity index (χ2v) is 2.49. The number of alkyl halides is 1. The van der Waals surface area contributed by atoms with Gasteiger partial charge in [0, 0.05) is 6.54 Å². The minimum Gasteiger partial charge on any atom is -0.314 e. The van der Waals surface area contributed by atoms with Crippen LogP contribution in [0.15, 0.2) is 0 Å². The predicted molar refractivity (Wildman–Crippen MR) is 57.3 cm³/mol. The van der Waals surface area contributed by atoms with Gasteiger partial charge in [0.2, 0.25) is 0 Å². The van der Waals surface area contributed by atoms with Gasteiger partial charge in [-0.05, 0) is 13.0 Å². The third kappa shape index (κ3) is 15.2. The smallest absolute Gasteiger partial charge is 0.138 e. The van der Waals surface area contributed by atoms with Crippen molar-refractivity contribution in [1.29, 1.82) is 0 Å². The van der Waals surface area contributed by atoms with E-state index in [9.17, 15) is 4.39 Å². The SMILES string of the molecule is CCCCNCC(F)CON.Cl.Cl. The van der Waals surface area contributed by atoms with Crippen LogP contribution >= 0.6 is 24.8 Å². The van der Waals surface area contributed by atoms with Crippen LogP contribution in [0.25, 0.3) is 0 Å². The van der Waals surface area contributed by atoms with Crippen molar-refractivity contribution in [3.05, 3.63) is 0 Å². The third-order valence-electron chi connectivity index (χ3n) is 1.35. The Kier molecular flexibility index (Phi) is 21.8. The molecule has 84 valence electrons. The first-order valence-corrected chi connectivity index (χ1v) is 3.97. The summed E-state index contributed by atoms with van der Waals surface area (Å²) < 4.78 is 12.6. The molecule has 0 rings (SSSR count). The van der Waals surface area contributed by atoms with Crippen molar-refractivity contribution in [1.82, 2.24) is 5.32 Å². The molecule has 0 saturated carbocycles. The Morgan fingerprint density at radius 3 is 2.54 bits per heavy atom. The highest BCUT2D eigenvalue weighted by Gasteiger charge is 2.03. The van der Waals surface area contributed by atoms with Crippen LogP contribution < -0.4 is 11.2 Å². The lowest BCUT2D eigenvalue weighted by atomic mass is 10.3. The standard InChI is InChI=1S/C7H17FN2O.2ClH/c1-2-3-4-10-5-7(8)6-11-9;;/h7,10H,2-6,9H2,1H3;2*1H. The first kappa shape index (κ1) is 19.0. The summed E-state index contributed by atoms with van der Waals surface area (Å²) in [6, 6.07) is 0. The first-order chi connectivity index (χ1) is 5.31. The highest BCUT2D eigenvalue weighted by Crippen LogP contribution is 1.88. The van der Waals surface area contributed by atoms with Crippen molar-refractivity contribution in [2.75, 3.05) is 19.7 Å². The summed E-state index contributed by atoms with van der Waals surface area (Å²) in [6.45, 7) is 3.26. The van der Waals surface area contributed by atoms with Gasteiger partial charge < -0.3 is 10.2 Å². The summed E-state index contributed by atoms with van der Waals surface area (Å²) >= 11 is 0. The van der Waals surface area contributed by atoms with E-state index in [0.29, 0.717) is 6.54 Å². The largest absolute Gasteiger partial charge is 0.314 e. The lowest BCUT2D eigenvalue weighted by Crippen LogP contribution is -2.28. The monoisotopic (exact) mass is 236 g/mol. The summed E-state index contributed by atoms with van der Waals surface area (Å²) in [5, 5.41) is 2.96. The maximum Gasteiger partial charge on any atom is 0.138 e. The van der Waals surface area contributed by atoms with E-state index in [2.05, 4.69) is 17.1 Å². The zero-order valence-corrected chi connectivity index (χ0v) is 9.43. The first-order valence-electron chi connectivity index (χ1n) is 3.97. The molecular weight excluding hydrogens is 218 g/mol. The Morgan fingerprint density at radius 2 is 2.08 bits per heavy atom. The van der Waals surface area contributed by atoms with E-state index in [4.69, 9.17) is 5.90 Å². The molecule has 0 aliphatic heterocycles. The molecule has 6 heteroatoms. The Morgan fingerprint density at radius 1 is 1.46 bits per heavy atom. The molecule has 1 unspecified atom stereocenters. The van der Waals surface area contributed by atoms with Crippen LogP contribution in [0.4, 0.5) is 4.39 Å². The molecule has 0 spiro atoms.